The summed E-state index contributed by atoms with van der Waals surface area (Å²) in [5.41, 5.74) is 4.48. The molecule has 12 heavy (non-hydrogen) atoms. The van der Waals surface area contributed by atoms with Crippen LogP contribution in [0.3, 0.4) is 0 Å². The van der Waals surface area contributed by atoms with Gasteiger partial charge in [-0.1, -0.05) is 32.9 Å². The lowest BCUT2D eigenvalue weighted by molar-refractivity contribution is 0.980. The molecule has 1 rings (SSSR count). The summed E-state index contributed by atoms with van der Waals surface area (Å²) in [4.78, 5) is 0. The maximum atomic E-state index is 3.21. The van der Waals surface area contributed by atoms with Gasteiger partial charge in [0.1, 0.15) is 0 Å². The van der Waals surface area contributed by atoms with E-state index in [0.29, 0.717) is 0 Å². The van der Waals surface area contributed by atoms with Gasteiger partial charge in [-0.15, -0.1) is 0 Å². The fourth-order valence-electron chi connectivity index (χ4n) is 1.71. The molecule has 65 valence electrons. The lowest BCUT2D eigenvalue weighted by atomic mass is 9.96. The van der Waals surface area contributed by atoms with Crippen molar-refractivity contribution in [2.75, 3.05) is 0 Å². The zero-order valence-corrected chi connectivity index (χ0v) is 8.28. The normalized spacial score (nSPS) is 10.2. The standard InChI is InChI=1S/C12H17/c1-4-10-8-7-9-11(5-2)12(10)6-3/h8-9H,4-6H2,1-3H3. The summed E-state index contributed by atoms with van der Waals surface area (Å²) in [6, 6.07) is 7.45. The predicted molar refractivity (Wildman–Crippen MR) is 53.4 cm³/mol. The van der Waals surface area contributed by atoms with Gasteiger partial charge in [0.05, 0.1) is 0 Å². The predicted octanol–water partition coefficient (Wildman–Crippen LogP) is 3.17. The Bertz CT molecular complexity index is 226. The van der Waals surface area contributed by atoms with Gasteiger partial charge < -0.3 is 0 Å². The van der Waals surface area contributed by atoms with E-state index in [2.05, 4.69) is 39.0 Å². The molecule has 0 atom stereocenters. The van der Waals surface area contributed by atoms with Gasteiger partial charge in [0.25, 0.3) is 0 Å². The smallest absolute Gasteiger partial charge is 0.0178 e. The van der Waals surface area contributed by atoms with Crippen molar-refractivity contribution in [2.45, 2.75) is 40.0 Å². The molecule has 0 fully saturated rings. The van der Waals surface area contributed by atoms with Crippen LogP contribution < -0.4 is 0 Å². The number of hydrogen-bond acceptors (Lipinski definition) is 0. The molecule has 0 bridgehead atoms. The molecule has 0 nitrogen and oxygen atoms in total. The molecule has 0 aliphatic carbocycles. The van der Waals surface area contributed by atoms with Gasteiger partial charge in [-0.05, 0) is 42.0 Å². The van der Waals surface area contributed by atoms with Crippen LogP contribution in [-0.2, 0) is 19.3 Å². The Morgan fingerprint density at radius 2 is 1.42 bits per heavy atom. The molecule has 0 N–H and O–H groups in total. The highest BCUT2D eigenvalue weighted by Crippen LogP contribution is 2.16. The monoisotopic (exact) mass is 161 g/mol. The zero-order valence-electron chi connectivity index (χ0n) is 8.28. The van der Waals surface area contributed by atoms with Gasteiger partial charge in [-0.2, -0.15) is 0 Å². The van der Waals surface area contributed by atoms with Crippen LogP contribution in [0.5, 0.6) is 0 Å². The molecule has 0 aliphatic heterocycles. The van der Waals surface area contributed by atoms with Crippen LogP contribution in [0, 0.1) is 6.07 Å². The third-order valence-corrected chi connectivity index (χ3v) is 2.41. The Hall–Kier alpha value is -0.780. The van der Waals surface area contributed by atoms with Crippen molar-refractivity contribution in [3.63, 3.8) is 0 Å². The summed E-state index contributed by atoms with van der Waals surface area (Å²) in [6.07, 6.45) is 3.42. The fourth-order valence-corrected chi connectivity index (χ4v) is 1.71. The van der Waals surface area contributed by atoms with Gasteiger partial charge >= 0.3 is 0 Å². The molecule has 0 spiro atoms. The highest BCUT2D eigenvalue weighted by molar-refractivity contribution is 5.34. The molecule has 1 radical (unpaired) electrons. The van der Waals surface area contributed by atoms with Crippen LogP contribution in [0.15, 0.2) is 12.1 Å². The summed E-state index contributed by atoms with van der Waals surface area (Å²) in [5.74, 6) is 0. The Kier molecular flexibility index (Phi) is 3.33. The van der Waals surface area contributed by atoms with E-state index < -0.39 is 0 Å². The summed E-state index contributed by atoms with van der Waals surface area (Å²) in [7, 11) is 0. The Morgan fingerprint density at radius 3 is 1.75 bits per heavy atom. The molecule has 0 saturated carbocycles. The largest absolute Gasteiger partial charge is 0.0613 e. The minimum atomic E-state index is 1.13. The SMILES string of the molecule is CCc1c[c]cc(CC)c1CC. The molecule has 0 unspecified atom stereocenters. The number of benzene rings is 1. The number of rotatable bonds is 3. The second-order valence-corrected chi connectivity index (χ2v) is 3.05. The molecular weight excluding hydrogens is 144 g/mol. The highest BCUT2D eigenvalue weighted by Gasteiger charge is 2.02. The van der Waals surface area contributed by atoms with Gasteiger partial charge in [0.15, 0.2) is 0 Å². The molecular formula is C12H17. The topological polar surface area (TPSA) is 0 Å². The third-order valence-electron chi connectivity index (χ3n) is 2.41. The summed E-state index contributed by atoms with van der Waals surface area (Å²) in [6.45, 7) is 6.65. The first-order chi connectivity index (χ1) is 5.83. The molecule has 0 saturated heterocycles. The quantitative estimate of drug-likeness (QED) is 0.638. The van der Waals surface area contributed by atoms with Crippen molar-refractivity contribution in [3.05, 3.63) is 34.9 Å². The highest BCUT2D eigenvalue weighted by atomic mass is 14.1. The van der Waals surface area contributed by atoms with Gasteiger partial charge in [0.2, 0.25) is 0 Å². The lowest BCUT2D eigenvalue weighted by Crippen LogP contribution is -1.96. The molecule has 0 heteroatoms. The van der Waals surface area contributed by atoms with E-state index in [9.17, 15) is 0 Å². The van der Waals surface area contributed by atoms with E-state index in [-0.39, 0.29) is 0 Å². The second kappa shape index (κ2) is 4.30. The summed E-state index contributed by atoms with van der Waals surface area (Å²) >= 11 is 0. The molecule has 0 heterocycles. The number of hydrogen-bond donors (Lipinski definition) is 0. The Balaban J connectivity index is 3.13. The first-order valence-electron chi connectivity index (χ1n) is 4.84. The summed E-state index contributed by atoms with van der Waals surface area (Å²) in [5, 5.41) is 0. The van der Waals surface area contributed by atoms with E-state index in [1.165, 1.54) is 11.1 Å². The molecule has 0 aliphatic rings. The molecule has 0 aromatic heterocycles. The van der Waals surface area contributed by atoms with Crippen molar-refractivity contribution in [3.8, 4) is 0 Å². The average molecular weight is 161 g/mol. The molecule has 0 amide bonds. The van der Waals surface area contributed by atoms with Crippen molar-refractivity contribution < 1.29 is 0 Å². The maximum absolute atomic E-state index is 3.21. The van der Waals surface area contributed by atoms with Gasteiger partial charge in [0, 0.05) is 0 Å². The van der Waals surface area contributed by atoms with Crippen molar-refractivity contribution in [1.29, 1.82) is 0 Å². The van der Waals surface area contributed by atoms with E-state index in [4.69, 9.17) is 0 Å². The minimum absolute atomic E-state index is 1.13. The fraction of sp³-hybridized carbons (Fsp3) is 0.500. The van der Waals surface area contributed by atoms with E-state index in [1.54, 1.807) is 5.56 Å². The minimum Gasteiger partial charge on any atom is -0.0613 e. The van der Waals surface area contributed by atoms with Crippen LogP contribution >= 0.6 is 0 Å². The van der Waals surface area contributed by atoms with E-state index in [0.717, 1.165) is 19.3 Å². The van der Waals surface area contributed by atoms with Crippen LogP contribution in [0.4, 0.5) is 0 Å². The van der Waals surface area contributed by atoms with Crippen molar-refractivity contribution in [2.24, 2.45) is 0 Å². The summed E-state index contributed by atoms with van der Waals surface area (Å²) < 4.78 is 0. The molecule has 1 aromatic rings. The van der Waals surface area contributed by atoms with Crippen LogP contribution in [0.2, 0.25) is 0 Å². The van der Waals surface area contributed by atoms with Crippen molar-refractivity contribution >= 4 is 0 Å². The van der Waals surface area contributed by atoms with E-state index in [1.807, 2.05) is 0 Å². The first-order valence-corrected chi connectivity index (χ1v) is 4.84. The number of aryl methyl sites for hydroxylation is 2. The lowest BCUT2D eigenvalue weighted by Gasteiger charge is -2.09. The maximum Gasteiger partial charge on any atom is -0.0178 e. The third kappa shape index (κ3) is 1.69. The van der Waals surface area contributed by atoms with Gasteiger partial charge in [-0.3, -0.25) is 0 Å². The van der Waals surface area contributed by atoms with E-state index >= 15 is 0 Å². The average Bonchev–Trinajstić information content (AvgIpc) is 2.16. The van der Waals surface area contributed by atoms with Crippen LogP contribution in [0.1, 0.15) is 37.5 Å². The second-order valence-electron chi connectivity index (χ2n) is 3.05. The van der Waals surface area contributed by atoms with Crippen molar-refractivity contribution in [1.82, 2.24) is 0 Å². The van der Waals surface area contributed by atoms with Gasteiger partial charge in [-0.25, -0.2) is 0 Å². The zero-order chi connectivity index (χ0) is 8.97. The molecule has 1 aromatic carbocycles. The Labute approximate surface area is 75.6 Å². The van der Waals surface area contributed by atoms with Crippen LogP contribution in [-0.4, -0.2) is 0 Å². The van der Waals surface area contributed by atoms with Crippen LogP contribution in [0.25, 0.3) is 0 Å². The Morgan fingerprint density at radius 1 is 0.917 bits per heavy atom. The first kappa shape index (κ1) is 9.31.